The summed E-state index contributed by atoms with van der Waals surface area (Å²) in [7, 11) is -1.86. The Hall–Kier alpha value is -1.17. The lowest BCUT2D eigenvalue weighted by atomic mass is 9.75. The minimum absolute atomic E-state index is 0.0513. The van der Waals surface area contributed by atoms with Gasteiger partial charge in [0.1, 0.15) is 0 Å². The number of hydrogen-bond acceptors (Lipinski definition) is 4. The summed E-state index contributed by atoms with van der Waals surface area (Å²) in [6.45, 7) is 21.5. The maximum Gasteiger partial charge on any atom is 0.302 e. The van der Waals surface area contributed by atoms with E-state index in [9.17, 15) is 4.79 Å². The molecule has 2 saturated heterocycles. The van der Waals surface area contributed by atoms with Gasteiger partial charge >= 0.3 is 5.97 Å². The molecule has 2 heterocycles. The Balaban J connectivity index is 1.69. The highest BCUT2D eigenvalue weighted by Gasteiger charge is 2.49. The number of fused-ring (bicyclic) bond motifs is 2. The highest BCUT2D eigenvalue weighted by Crippen LogP contribution is 2.46. The quantitative estimate of drug-likeness (QED) is 0.253. The predicted octanol–water partition coefficient (Wildman–Crippen LogP) is 6.81. The lowest BCUT2D eigenvalue weighted by molar-refractivity contribution is -0.143. The zero-order chi connectivity index (χ0) is 25.3. The Kier molecular flexibility index (Phi) is 8.42. The van der Waals surface area contributed by atoms with Crippen LogP contribution < -0.4 is 0 Å². The number of carbonyl (C=O) groups is 1. The van der Waals surface area contributed by atoms with Crippen molar-refractivity contribution in [3.05, 3.63) is 35.4 Å². The van der Waals surface area contributed by atoms with Crippen LogP contribution in [0.1, 0.15) is 72.4 Å². The number of carbonyl (C=O) groups excluding carboxylic acids is 1. The van der Waals surface area contributed by atoms with Crippen molar-refractivity contribution in [1.29, 1.82) is 0 Å². The van der Waals surface area contributed by atoms with Crippen LogP contribution in [-0.2, 0) is 31.5 Å². The van der Waals surface area contributed by atoms with Crippen molar-refractivity contribution in [2.75, 3.05) is 13.2 Å². The molecule has 0 spiro atoms. The van der Waals surface area contributed by atoms with Crippen molar-refractivity contribution < 1.29 is 18.7 Å². The Morgan fingerprint density at radius 2 is 1.65 bits per heavy atom. The molecule has 2 aliphatic heterocycles. The largest absolute Gasteiger partial charge is 0.465 e. The first kappa shape index (κ1) is 27.4. The third-order valence-electron chi connectivity index (χ3n) is 9.13. The summed E-state index contributed by atoms with van der Waals surface area (Å²) in [6, 6.07) is 8.87. The summed E-state index contributed by atoms with van der Waals surface area (Å²) in [4.78, 5) is 11.4. The molecule has 1 aromatic rings. The van der Waals surface area contributed by atoms with Gasteiger partial charge in [-0.1, -0.05) is 65.8 Å². The molecule has 2 aliphatic rings. The van der Waals surface area contributed by atoms with Gasteiger partial charge in [-0.15, -0.1) is 0 Å². The van der Waals surface area contributed by atoms with Crippen molar-refractivity contribution in [3.8, 4) is 0 Å². The van der Waals surface area contributed by atoms with Crippen molar-refractivity contribution in [1.82, 2.24) is 0 Å². The smallest absolute Gasteiger partial charge is 0.302 e. The second-order valence-electron chi connectivity index (χ2n) is 12.9. The number of esters is 1. The average Bonchev–Trinajstić information content (AvgIpc) is 3.34. The highest BCUT2D eigenvalue weighted by molar-refractivity contribution is 6.74. The van der Waals surface area contributed by atoms with Crippen molar-refractivity contribution in [2.24, 2.45) is 23.2 Å². The van der Waals surface area contributed by atoms with Gasteiger partial charge in [0.05, 0.1) is 18.8 Å². The average molecular weight is 489 g/mol. The monoisotopic (exact) mass is 488 g/mol. The van der Waals surface area contributed by atoms with Crippen molar-refractivity contribution >= 4 is 14.3 Å². The van der Waals surface area contributed by atoms with E-state index < -0.39 is 8.32 Å². The lowest BCUT2D eigenvalue weighted by Gasteiger charge is -2.44. The van der Waals surface area contributed by atoms with E-state index in [0.717, 1.165) is 32.3 Å². The van der Waals surface area contributed by atoms with Crippen LogP contribution in [0.5, 0.6) is 0 Å². The maximum absolute atomic E-state index is 11.4. The van der Waals surface area contributed by atoms with E-state index in [2.05, 4.69) is 78.9 Å². The van der Waals surface area contributed by atoms with Crippen molar-refractivity contribution in [3.63, 3.8) is 0 Å². The van der Waals surface area contributed by atoms with Gasteiger partial charge in [0.15, 0.2) is 8.32 Å². The third kappa shape index (κ3) is 6.14. The van der Waals surface area contributed by atoms with E-state index in [0.29, 0.717) is 30.5 Å². The van der Waals surface area contributed by atoms with E-state index >= 15 is 0 Å². The molecule has 2 bridgehead atoms. The summed E-state index contributed by atoms with van der Waals surface area (Å²) < 4.78 is 18.4. The minimum Gasteiger partial charge on any atom is -0.465 e. The molecule has 0 unspecified atom stereocenters. The normalized spacial score (nSPS) is 25.2. The number of rotatable bonds is 11. The Bertz CT molecular complexity index is 844. The van der Waals surface area contributed by atoms with E-state index in [4.69, 9.17) is 13.9 Å². The lowest BCUT2D eigenvalue weighted by Crippen LogP contribution is -2.47. The molecule has 0 radical (unpaired) electrons. The first-order valence-corrected chi connectivity index (χ1v) is 16.1. The van der Waals surface area contributed by atoms with E-state index in [1.54, 1.807) is 0 Å². The predicted molar refractivity (Wildman–Crippen MR) is 141 cm³/mol. The van der Waals surface area contributed by atoms with Crippen LogP contribution in [-0.4, -0.2) is 39.7 Å². The van der Waals surface area contributed by atoms with Gasteiger partial charge in [-0.25, -0.2) is 0 Å². The van der Waals surface area contributed by atoms with Gasteiger partial charge in [-0.3, -0.25) is 4.79 Å². The first-order chi connectivity index (χ1) is 15.7. The minimum atomic E-state index is -1.86. The molecule has 2 fully saturated rings. The molecule has 4 nitrogen and oxygen atoms in total. The molecular weight excluding hydrogens is 440 g/mol. The van der Waals surface area contributed by atoms with E-state index in [1.165, 1.54) is 18.1 Å². The molecule has 5 heteroatoms. The third-order valence-corrected chi connectivity index (χ3v) is 13.7. The van der Waals surface area contributed by atoms with Crippen LogP contribution in [0.2, 0.25) is 18.1 Å². The summed E-state index contributed by atoms with van der Waals surface area (Å²) in [5.74, 6) is 1.12. The molecule has 34 heavy (non-hydrogen) atoms. The van der Waals surface area contributed by atoms with Crippen LogP contribution in [0.25, 0.3) is 0 Å². The summed E-state index contributed by atoms with van der Waals surface area (Å²) in [5.41, 5.74) is 2.87. The van der Waals surface area contributed by atoms with Gasteiger partial charge in [-0.2, -0.15) is 0 Å². The highest BCUT2D eigenvalue weighted by atomic mass is 28.4. The van der Waals surface area contributed by atoms with Gasteiger partial charge in [0.2, 0.25) is 0 Å². The fourth-order valence-electron chi connectivity index (χ4n) is 5.60. The Labute approximate surface area is 209 Å². The molecule has 0 aromatic heterocycles. The van der Waals surface area contributed by atoms with Gasteiger partial charge in [-0.05, 0) is 72.2 Å². The molecule has 0 amide bonds. The Morgan fingerprint density at radius 3 is 2.24 bits per heavy atom. The second-order valence-corrected chi connectivity index (χ2v) is 17.5. The molecule has 192 valence electrons. The van der Waals surface area contributed by atoms with E-state index in [-0.39, 0.29) is 22.5 Å². The van der Waals surface area contributed by atoms with E-state index in [1.807, 2.05) is 0 Å². The molecule has 0 saturated carbocycles. The van der Waals surface area contributed by atoms with Gasteiger partial charge < -0.3 is 13.9 Å². The zero-order valence-electron chi connectivity index (χ0n) is 23.1. The topological polar surface area (TPSA) is 44.8 Å². The van der Waals surface area contributed by atoms with Crippen LogP contribution in [0.15, 0.2) is 24.3 Å². The zero-order valence-corrected chi connectivity index (χ0v) is 24.1. The fourth-order valence-corrected chi connectivity index (χ4v) is 8.12. The molecule has 0 N–H and O–H groups in total. The number of hydrogen-bond donors (Lipinski definition) is 0. The first-order valence-electron chi connectivity index (χ1n) is 13.2. The van der Waals surface area contributed by atoms with Crippen LogP contribution in [0.4, 0.5) is 0 Å². The SMILES string of the molecule is CC(=O)OC[C@H]1[C@@H](Cc2ccccc2CC(C)(C)CO[Si](C)(C)C(C)(C)C(C)C)[C@@H]2CC[C@H]1O2. The summed E-state index contributed by atoms with van der Waals surface area (Å²) >= 11 is 0. The molecule has 4 atom stereocenters. The Morgan fingerprint density at radius 1 is 1.06 bits per heavy atom. The maximum atomic E-state index is 11.4. The molecule has 3 rings (SSSR count). The van der Waals surface area contributed by atoms with Gasteiger partial charge in [0.25, 0.3) is 0 Å². The number of benzene rings is 1. The van der Waals surface area contributed by atoms with Gasteiger partial charge in [0, 0.05) is 19.4 Å². The van der Waals surface area contributed by atoms with Crippen LogP contribution in [0.3, 0.4) is 0 Å². The standard InChI is InChI=1S/C29H48O4Si/c1-20(2)29(6,7)34(8,9)32-19-28(4,5)17-23-13-11-10-12-22(23)16-24-25(18-31-21(3)30)27-15-14-26(24)33-27/h10-13,20,24-27H,14-19H2,1-9H3/t24-,25+,26+,27-/m1/s1. The van der Waals surface area contributed by atoms with Crippen molar-refractivity contribution in [2.45, 2.75) is 104 Å². The summed E-state index contributed by atoms with van der Waals surface area (Å²) in [6.07, 6.45) is 4.72. The van der Waals surface area contributed by atoms with Crippen LogP contribution >= 0.6 is 0 Å². The second kappa shape index (κ2) is 10.4. The number of ether oxygens (including phenoxy) is 2. The summed E-state index contributed by atoms with van der Waals surface area (Å²) in [5, 5.41) is 0.222. The molecular formula is C29H48O4Si. The molecule has 1 aromatic carbocycles. The molecule has 0 aliphatic carbocycles. The van der Waals surface area contributed by atoms with Crippen LogP contribution in [0, 0.1) is 23.2 Å². The fraction of sp³-hybridized carbons (Fsp3) is 0.759.